The van der Waals surface area contributed by atoms with E-state index in [1.807, 2.05) is 41.5 Å². The Labute approximate surface area is 139 Å². The first-order chi connectivity index (χ1) is 10.6. The predicted molar refractivity (Wildman–Crippen MR) is 81.8 cm³/mol. The summed E-state index contributed by atoms with van der Waals surface area (Å²) >= 11 is -1.45. The summed E-state index contributed by atoms with van der Waals surface area (Å²) in [7, 11) is 0. The Kier molecular flexibility index (Phi) is 4.63. The Morgan fingerprint density at radius 3 is 2.30 bits per heavy atom. The van der Waals surface area contributed by atoms with Crippen molar-refractivity contribution in [3.63, 3.8) is 0 Å². The van der Waals surface area contributed by atoms with Crippen LogP contribution in [0.5, 0.6) is 0 Å². The van der Waals surface area contributed by atoms with Gasteiger partial charge >= 0.3 is 0 Å². The number of ether oxygens (including phenoxy) is 5. The molecule has 7 nitrogen and oxygen atoms in total. The van der Waals surface area contributed by atoms with E-state index in [4.69, 9.17) is 27.9 Å². The van der Waals surface area contributed by atoms with Gasteiger partial charge in [0, 0.05) is 0 Å². The summed E-state index contributed by atoms with van der Waals surface area (Å²) in [4.78, 5) is 0. The number of fused-ring (bicyclic) bond motifs is 1. The molecule has 23 heavy (non-hydrogen) atoms. The van der Waals surface area contributed by atoms with Crippen molar-refractivity contribution >= 4 is 11.1 Å². The highest BCUT2D eigenvalue weighted by Gasteiger charge is 2.59. The second-order valence-electron chi connectivity index (χ2n) is 7.31. The highest BCUT2D eigenvalue weighted by atomic mass is 32.2. The quantitative estimate of drug-likeness (QED) is 0.760. The number of rotatable bonds is 4. The first-order valence-corrected chi connectivity index (χ1v) is 9.12. The zero-order valence-corrected chi connectivity index (χ0v) is 15.3. The van der Waals surface area contributed by atoms with Crippen molar-refractivity contribution in [2.75, 3.05) is 6.61 Å². The van der Waals surface area contributed by atoms with Gasteiger partial charge < -0.3 is 23.7 Å². The van der Waals surface area contributed by atoms with E-state index in [9.17, 15) is 4.21 Å². The van der Waals surface area contributed by atoms with Crippen LogP contribution in [0.1, 0.15) is 41.5 Å². The largest absolute Gasteiger partial charge is 0.348 e. The van der Waals surface area contributed by atoms with Crippen LogP contribution in [0.15, 0.2) is 0 Å². The molecule has 3 saturated heterocycles. The highest BCUT2D eigenvalue weighted by molar-refractivity contribution is 7.80. The first kappa shape index (κ1) is 17.7. The molecule has 3 rings (SSSR count). The lowest BCUT2D eigenvalue weighted by Gasteiger charge is -2.28. The van der Waals surface area contributed by atoms with Gasteiger partial charge in [0.15, 0.2) is 28.9 Å². The molecule has 0 aromatic rings. The van der Waals surface area contributed by atoms with Crippen LogP contribution < -0.4 is 0 Å². The molecule has 0 saturated carbocycles. The van der Waals surface area contributed by atoms with E-state index in [-0.39, 0.29) is 11.4 Å². The van der Waals surface area contributed by atoms with Crippen LogP contribution >= 0.6 is 0 Å². The van der Waals surface area contributed by atoms with E-state index in [0.29, 0.717) is 6.61 Å². The molecular weight excluding hydrogens is 324 g/mol. The van der Waals surface area contributed by atoms with E-state index in [0.717, 1.165) is 0 Å². The van der Waals surface area contributed by atoms with Crippen molar-refractivity contribution in [1.82, 2.24) is 0 Å². The standard InChI is InChI=1S/C15H26O7S/c1-8(2)23(16)22-11-10(9-7-17-14(3,4)19-9)18-13-12(11)20-15(5,6)21-13/h8-13H,7H2,1-6H3/t9-,10+,11-,12+,13+,23-/m0/s1. The molecule has 0 amide bonds. The summed E-state index contributed by atoms with van der Waals surface area (Å²) in [6.07, 6.45) is -2.31. The fourth-order valence-corrected chi connectivity index (χ4v) is 3.67. The van der Waals surface area contributed by atoms with E-state index in [2.05, 4.69) is 0 Å². The molecule has 0 aromatic carbocycles. The maximum atomic E-state index is 12.2. The number of hydrogen-bond acceptors (Lipinski definition) is 7. The lowest BCUT2D eigenvalue weighted by atomic mass is 10.1. The fourth-order valence-electron chi connectivity index (χ4n) is 3.01. The predicted octanol–water partition coefficient (Wildman–Crippen LogP) is 1.47. The van der Waals surface area contributed by atoms with Crippen molar-refractivity contribution in [3.8, 4) is 0 Å². The fraction of sp³-hybridized carbons (Fsp3) is 1.00. The molecule has 3 aliphatic heterocycles. The normalized spacial score (nSPS) is 43.0. The van der Waals surface area contributed by atoms with Crippen LogP contribution in [-0.2, 0) is 38.9 Å². The Morgan fingerprint density at radius 2 is 1.74 bits per heavy atom. The molecular formula is C15H26O7S. The van der Waals surface area contributed by atoms with E-state index < -0.39 is 47.3 Å². The monoisotopic (exact) mass is 350 g/mol. The van der Waals surface area contributed by atoms with Crippen LogP contribution in [0.2, 0.25) is 0 Å². The second-order valence-corrected chi connectivity index (χ2v) is 8.96. The van der Waals surface area contributed by atoms with Gasteiger partial charge in [0.2, 0.25) is 0 Å². The Hall–Kier alpha value is -0.0900. The third-order valence-corrected chi connectivity index (χ3v) is 5.20. The molecule has 8 heteroatoms. The van der Waals surface area contributed by atoms with Crippen molar-refractivity contribution in [2.24, 2.45) is 0 Å². The Morgan fingerprint density at radius 1 is 1.04 bits per heavy atom. The van der Waals surface area contributed by atoms with Gasteiger partial charge in [0.05, 0.1) is 11.9 Å². The first-order valence-electron chi connectivity index (χ1n) is 7.98. The minimum Gasteiger partial charge on any atom is -0.348 e. The molecule has 134 valence electrons. The van der Waals surface area contributed by atoms with Crippen molar-refractivity contribution in [2.45, 2.75) is 89.1 Å². The van der Waals surface area contributed by atoms with E-state index in [1.165, 1.54) is 0 Å². The smallest absolute Gasteiger partial charge is 0.190 e. The van der Waals surface area contributed by atoms with Gasteiger partial charge in [-0.2, -0.15) is 0 Å². The molecule has 0 aliphatic carbocycles. The van der Waals surface area contributed by atoms with Crippen molar-refractivity contribution in [1.29, 1.82) is 0 Å². The van der Waals surface area contributed by atoms with Gasteiger partial charge in [0.25, 0.3) is 0 Å². The lowest BCUT2D eigenvalue weighted by molar-refractivity contribution is -0.230. The number of hydrogen-bond donors (Lipinski definition) is 0. The molecule has 3 fully saturated rings. The summed E-state index contributed by atoms with van der Waals surface area (Å²) < 4.78 is 47.1. The molecule has 0 radical (unpaired) electrons. The Balaban J connectivity index is 1.77. The van der Waals surface area contributed by atoms with Crippen LogP contribution in [0.3, 0.4) is 0 Å². The summed E-state index contributed by atoms with van der Waals surface area (Å²) in [5.74, 6) is -1.43. The van der Waals surface area contributed by atoms with Gasteiger partial charge in [-0.3, -0.25) is 4.18 Å². The van der Waals surface area contributed by atoms with Gasteiger partial charge in [-0.25, -0.2) is 4.21 Å². The lowest BCUT2D eigenvalue weighted by Crippen LogP contribution is -2.45. The van der Waals surface area contributed by atoms with E-state index >= 15 is 0 Å². The maximum Gasteiger partial charge on any atom is 0.190 e. The van der Waals surface area contributed by atoms with Crippen molar-refractivity contribution in [3.05, 3.63) is 0 Å². The summed E-state index contributed by atoms with van der Waals surface area (Å²) in [6, 6.07) is 0. The third kappa shape index (κ3) is 3.63. The van der Waals surface area contributed by atoms with E-state index in [1.54, 1.807) is 0 Å². The molecule has 0 spiro atoms. The maximum absolute atomic E-state index is 12.2. The van der Waals surface area contributed by atoms with Gasteiger partial charge in [-0.15, -0.1) is 0 Å². The minimum atomic E-state index is -1.45. The summed E-state index contributed by atoms with van der Waals surface area (Å²) in [6.45, 7) is 11.4. The molecule has 0 bridgehead atoms. The average molecular weight is 350 g/mol. The SMILES string of the molecule is CC(C)[S@@](=O)O[C@@H]1[C@H]2OC(C)(C)O[C@H]2O[C@@H]1[C@@H]1COC(C)(C)O1. The zero-order chi connectivity index (χ0) is 17.0. The zero-order valence-electron chi connectivity index (χ0n) is 14.4. The topological polar surface area (TPSA) is 72.5 Å². The van der Waals surface area contributed by atoms with Crippen molar-refractivity contribution < 1.29 is 32.1 Å². The minimum absolute atomic E-state index is 0.123. The Bertz CT molecular complexity index is 478. The molecule has 0 N–H and O–H groups in total. The second kappa shape index (κ2) is 6.01. The summed E-state index contributed by atoms with van der Waals surface area (Å²) in [5, 5.41) is -0.123. The molecule has 3 heterocycles. The van der Waals surface area contributed by atoms with Gasteiger partial charge in [0.1, 0.15) is 24.4 Å². The van der Waals surface area contributed by atoms with Crippen LogP contribution in [0.25, 0.3) is 0 Å². The highest BCUT2D eigenvalue weighted by Crippen LogP contribution is 2.42. The third-order valence-electron chi connectivity index (χ3n) is 4.01. The molecule has 0 aromatic heterocycles. The van der Waals surface area contributed by atoms with Crippen LogP contribution in [0.4, 0.5) is 0 Å². The van der Waals surface area contributed by atoms with Gasteiger partial charge in [-0.05, 0) is 41.5 Å². The molecule has 3 aliphatic rings. The average Bonchev–Trinajstić information content (AvgIpc) is 3.01. The molecule has 6 atom stereocenters. The summed E-state index contributed by atoms with van der Waals surface area (Å²) in [5.41, 5.74) is 0. The van der Waals surface area contributed by atoms with Gasteiger partial charge in [-0.1, -0.05) is 0 Å². The van der Waals surface area contributed by atoms with Crippen LogP contribution in [-0.4, -0.2) is 58.3 Å². The molecule has 0 unspecified atom stereocenters. The van der Waals surface area contributed by atoms with Crippen LogP contribution in [0, 0.1) is 0 Å².